The molecule has 0 bridgehead atoms. The van der Waals surface area contributed by atoms with Crippen molar-refractivity contribution in [1.29, 1.82) is 0 Å². The molecule has 0 fully saturated rings. The first kappa shape index (κ1) is 13.8. The number of nitrogens with zero attached hydrogens (tertiary/aromatic N) is 1. The molecule has 0 saturated heterocycles. The summed E-state index contributed by atoms with van der Waals surface area (Å²) in [7, 11) is 3.78. The molecule has 17 heavy (non-hydrogen) atoms. The maximum absolute atomic E-state index is 6.02. The molecule has 0 radical (unpaired) electrons. The van der Waals surface area contributed by atoms with Gasteiger partial charge in [0.1, 0.15) is 5.75 Å². The SMILES string of the molecule is CCCC(N)CCN(C)c1ccccc1OC. The van der Waals surface area contributed by atoms with Gasteiger partial charge in [0.05, 0.1) is 12.8 Å². The molecule has 0 amide bonds. The molecular formula is C14H24N2O. The number of para-hydroxylation sites is 2. The van der Waals surface area contributed by atoms with Crippen molar-refractivity contribution in [2.24, 2.45) is 5.73 Å². The third-order valence-electron chi connectivity index (χ3n) is 2.99. The summed E-state index contributed by atoms with van der Waals surface area (Å²) < 4.78 is 5.35. The second kappa shape index (κ2) is 7.17. The number of benzene rings is 1. The standard InChI is InChI=1S/C14H24N2O/c1-4-7-12(15)10-11-16(2)13-8-5-6-9-14(13)17-3/h5-6,8-9,12H,4,7,10-11,15H2,1-3H3. The molecule has 0 aromatic heterocycles. The summed E-state index contributed by atoms with van der Waals surface area (Å²) in [5, 5.41) is 0. The Morgan fingerprint density at radius 2 is 2.00 bits per heavy atom. The van der Waals surface area contributed by atoms with Gasteiger partial charge in [-0.25, -0.2) is 0 Å². The Kier molecular flexibility index (Phi) is 5.84. The van der Waals surface area contributed by atoms with Crippen LogP contribution in [-0.2, 0) is 0 Å². The van der Waals surface area contributed by atoms with Gasteiger partial charge in [0.2, 0.25) is 0 Å². The molecule has 0 saturated carbocycles. The van der Waals surface area contributed by atoms with Gasteiger partial charge < -0.3 is 15.4 Å². The summed E-state index contributed by atoms with van der Waals surface area (Å²) in [6, 6.07) is 8.37. The lowest BCUT2D eigenvalue weighted by molar-refractivity contribution is 0.414. The average molecular weight is 236 g/mol. The Labute approximate surface area is 105 Å². The number of ether oxygens (including phenoxy) is 1. The van der Waals surface area contributed by atoms with Crippen LogP contribution in [0.4, 0.5) is 5.69 Å². The molecule has 0 aliphatic heterocycles. The van der Waals surface area contributed by atoms with Crippen molar-refractivity contribution in [3.8, 4) is 5.75 Å². The number of anilines is 1. The molecule has 1 aromatic rings. The largest absolute Gasteiger partial charge is 0.495 e. The molecule has 0 heterocycles. The van der Waals surface area contributed by atoms with E-state index in [-0.39, 0.29) is 0 Å². The highest BCUT2D eigenvalue weighted by Gasteiger charge is 2.08. The van der Waals surface area contributed by atoms with Crippen LogP contribution in [0.15, 0.2) is 24.3 Å². The first-order valence-corrected chi connectivity index (χ1v) is 6.28. The van der Waals surface area contributed by atoms with E-state index < -0.39 is 0 Å². The predicted molar refractivity (Wildman–Crippen MR) is 73.8 cm³/mol. The molecule has 0 aliphatic rings. The monoisotopic (exact) mass is 236 g/mol. The van der Waals surface area contributed by atoms with Crippen LogP contribution in [0.3, 0.4) is 0 Å². The minimum atomic E-state index is 0.303. The fourth-order valence-electron chi connectivity index (χ4n) is 1.94. The van der Waals surface area contributed by atoms with Gasteiger partial charge in [-0.15, -0.1) is 0 Å². The van der Waals surface area contributed by atoms with Crippen LogP contribution in [0.2, 0.25) is 0 Å². The molecule has 96 valence electrons. The zero-order chi connectivity index (χ0) is 12.7. The van der Waals surface area contributed by atoms with E-state index >= 15 is 0 Å². The molecule has 3 heteroatoms. The van der Waals surface area contributed by atoms with Crippen molar-refractivity contribution in [3.63, 3.8) is 0 Å². The summed E-state index contributed by atoms with van der Waals surface area (Å²) in [5.41, 5.74) is 7.15. The Hall–Kier alpha value is -1.22. The second-order valence-corrected chi connectivity index (χ2v) is 4.43. The summed E-state index contributed by atoms with van der Waals surface area (Å²) in [4.78, 5) is 2.20. The first-order valence-electron chi connectivity index (χ1n) is 6.28. The average Bonchev–Trinajstić information content (AvgIpc) is 2.36. The smallest absolute Gasteiger partial charge is 0.142 e. The number of nitrogens with two attached hydrogens (primary N) is 1. The Morgan fingerprint density at radius 1 is 1.29 bits per heavy atom. The van der Waals surface area contributed by atoms with Crippen LogP contribution in [-0.4, -0.2) is 26.7 Å². The van der Waals surface area contributed by atoms with Crippen LogP contribution < -0.4 is 15.4 Å². The minimum Gasteiger partial charge on any atom is -0.495 e. The van der Waals surface area contributed by atoms with Crippen molar-refractivity contribution in [2.45, 2.75) is 32.2 Å². The van der Waals surface area contributed by atoms with Gasteiger partial charge in [-0.2, -0.15) is 0 Å². The molecule has 0 spiro atoms. The second-order valence-electron chi connectivity index (χ2n) is 4.43. The van der Waals surface area contributed by atoms with Crippen LogP contribution in [0.5, 0.6) is 5.75 Å². The van der Waals surface area contributed by atoms with E-state index in [1.807, 2.05) is 18.2 Å². The third-order valence-corrected chi connectivity index (χ3v) is 2.99. The maximum Gasteiger partial charge on any atom is 0.142 e. The van der Waals surface area contributed by atoms with Crippen LogP contribution in [0.25, 0.3) is 0 Å². The summed E-state index contributed by atoms with van der Waals surface area (Å²) >= 11 is 0. The van der Waals surface area contributed by atoms with E-state index in [4.69, 9.17) is 10.5 Å². The number of hydrogen-bond donors (Lipinski definition) is 1. The van der Waals surface area contributed by atoms with Gasteiger partial charge in [-0.3, -0.25) is 0 Å². The molecule has 1 unspecified atom stereocenters. The normalized spacial score (nSPS) is 12.2. The van der Waals surface area contributed by atoms with Gasteiger partial charge in [0, 0.05) is 19.6 Å². The Morgan fingerprint density at radius 3 is 2.65 bits per heavy atom. The molecule has 1 atom stereocenters. The summed E-state index contributed by atoms with van der Waals surface area (Å²) in [6.45, 7) is 3.13. The molecule has 1 aromatic carbocycles. The molecule has 2 N–H and O–H groups in total. The highest BCUT2D eigenvalue weighted by molar-refractivity contribution is 5.57. The number of rotatable bonds is 7. The van der Waals surface area contributed by atoms with Gasteiger partial charge >= 0.3 is 0 Å². The van der Waals surface area contributed by atoms with E-state index in [1.54, 1.807) is 7.11 Å². The van der Waals surface area contributed by atoms with Crippen molar-refractivity contribution < 1.29 is 4.74 Å². The highest BCUT2D eigenvalue weighted by atomic mass is 16.5. The molecular weight excluding hydrogens is 212 g/mol. The topological polar surface area (TPSA) is 38.5 Å². The number of methoxy groups -OCH3 is 1. The molecule has 3 nitrogen and oxygen atoms in total. The minimum absolute atomic E-state index is 0.303. The van der Waals surface area contributed by atoms with Crippen LogP contribution in [0.1, 0.15) is 26.2 Å². The molecule has 0 aliphatic carbocycles. The quantitative estimate of drug-likeness (QED) is 0.791. The zero-order valence-corrected chi connectivity index (χ0v) is 11.1. The van der Waals surface area contributed by atoms with E-state index in [9.17, 15) is 0 Å². The van der Waals surface area contributed by atoms with Crippen LogP contribution in [0, 0.1) is 0 Å². The lowest BCUT2D eigenvalue weighted by Gasteiger charge is -2.23. The number of hydrogen-bond acceptors (Lipinski definition) is 3. The van der Waals surface area contributed by atoms with Crippen molar-refractivity contribution in [3.05, 3.63) is 24.3 Å². The molecule has 1 rings (SSSR count). The van der Waals surface area contributed by atoms with Crippen molar-refractivity contribution in [2.75, 3.05) is 25.6 Å². The van der Waals surface area contributed by atoms with Gasteiger partial charge in [-0.1, -0.05) is 25.5 Å². The predicted octanol–water partition coefficient (Wildman–Crippen LogP) is 2.65. The first-order chi connectivity index (χ1) is 8.19. The summed E-state index contributed by atoms with van der Waals surface area (Å²) in [6.07, 6.45) is 3.27. The van der Waals surface area contributed by atoms with E-state index in [0.29, 0.717) is 6.04 Å². The summed E-state index contributed by atoms with van der Waals surface area (Å²) in [5.74, 6) is 0.916. The fourth-order valence-corrected chi connectivity index (χ4v) is 1.94. The van der Waals surface area contributed by atoms with Gasteiger partial charge in [-0.05, 0) is 25.0 Å². The van der Waals surface area contributed by atoms with Crippen LogP contribution >= 0.6 is 0 Å². The van der Waals surface area contributed by atoms with E-state index in [0.717, 1.165) is 37.2 Å². The van der Waals surface area contributed by atoms with Crippen molar-refractivity contribution in [1.82, 2.24) is 0 Å². The van der Waals surface area contributed by atoms with E-state index in [1.165, 1.54) is 0 Å². The third kappa shape index (κ3) is 4.27. The van der Waals surface area contributed by atoms with Crippen molar-refractivity contribution >= 4 is 5.69 Å². The van der Waals surface area contributed by atoms with Gasteiger partial charge in [0.15, 0.2) is 0 Å². The fraction of sp³-hybridized carbons (Fsp3) is 0.571. The highest BCUT2D eigenvalue weighted by Crippen LogP contribution is 2.26. The lowest BCUT2D eigenvalue weighted by Crippen LogP contribution is -2.28. The lowest BCUT2D eigenvalue weighted by atomic mass is 10.1. The Bertz CT molecular complexity index is 328. The maximum atomic E-state index is 6.02. The van der Waals surface area contributed by atoms with Gasteiger partial charge in [0.25, 0.3) is 0 Å². The zero-order valence-electron chi connectivity index (χ0n) is 11.1. The Balaban J connectivity index is 2.54. The van der Waals surface area contributed by atoms with E-state index in [2.05, 4.69) is 24.9 Å².